The van der Waals surface area contributed by atoms with Gasteiger partial charge in [0.15, 0.2) is 0 Å². The van der Waals surface area contributed by atoms with Crippen molar-refractivity contribution < 1.29 is 15.0 Å². The lowest BCUT2D eigenvalue weighted by molar-refractivity contribution is -0.117. The second-order valence-corrected chi connectivity index (χ2v) is 6.27. The molecule has 104 valence electrons. The SMILES string of the molecule is O=C(CN1C[C@@H](O)[C@@H](O)C1)Nc1ccc(Br)cc1Br. The number of amides is 1. The van der Waals surface area contributed by atoms with E-state index in [9.17, 15) is 15.0 Å². The quantitative estimate of drug-likeness (QED) is 0.721. The van der Waals surface area contributed by atoms with E-state index in [0.717, 1.165) is 8.95 Å². The fourth-order valence-corrected chi connectivity index (χ4v) is 3.11. The molecule has 1 aromatic carbocycles. The van der Waals surface area contributed by atoms with Gasteiger partial charge in [-0.2, -0.15) is 0 Å². The van der Waals surface area contributed by atoms with Crippen LogP contribution in [-0.2, 0) is 4.79 Å². The number of benzene rings is 1. The van der Waals surface area contributed by atoms with Crippen molar-refractivity contribution in [2.45, 2.75) is 12.2 Å². The number of aliphatic hydroxyl groups is 2. The van der Waals surface area contributed by atoms with Gasteiger partial charge in [-0.3, -0.25) is 9.69 Å². The van der Waals surface area contributed by atoms with E-state index in [0.29, 0.717) is 18.8 Å². The summed E-state index contributed by atoms with van der Waals surface area (Å²) in [6.07, 6.45) is -1.54. The van der Waals surface area contributed by atoms with Gasteiger partial charge in [0.05, 0.1) is 24.4 Å². The number of hydrogen-bond donors (Lipinski definition) is 3. The molecule has 1 aliphatic heterocycles. The lowest BCUT2D eigenvalue weighted by atomic mass is 10.3. The number of rotatable bonds is 3. The Morgan fingerprint density at radius 3 is 2.53 bits per heavy atom. The summed E-state index contributed by atoms with van der Waals surface area (Å²) < 4.78 is 1.71. The minimum Gasteiger partial charge on any atom is -0.389 e. The number of halogens is 2. The topological polar surface area (TPSA) is 72.8 Å². The first-order valence-electron chi connectivity index (χ1n) is 5.79. The first-order chi connectivity index (χ1) is 8.95. The van der Waals surface area contributed by atoms with Crippen LogP contribution >= 0.6 is 31.9 Å². The number of carbonyl (C=O) groups is 1. The van der Waals surface area contributed by atoms with Gasteiger partial charge < -0.3 is 15.5 Å². The van der Waals surface area contributed by atoms with Crippen LogP contribution in [0.3, 0.4) is 0 Å². The van der Waals surface area contributed by atoms with Crippen LogP contribution in [0, 0.1) is 0 Å². The summed E-state index contributed by atoms with van der Waals surface area (Å²) in [5.41, 5.74) is 0.688. The molecule has 2 rings (SSSR count). The molecule has 0 bridgehead atoms. The van der Waals surface area contributed by atoms with Gasteiger partial charge in [0, 0.05) is 22.0 Å². The van der Waals surface area contributed by atoms with Crippen molar-refractivity contribution in [2.24, 2.45) is 0 Å². The number of nitrogens with one attached hydrogen (secondary N) is 1. The van der Waals surface area contributed by atoms with Gasteiger partial charge >= 0.3 is 0 Å². The zero-order valence-electron chi connectivity index (χ0n) is 10.0. The maximum Gasteiger partial charge on any atom is 0.238 e. The molecule has 1 saturated heterocycles. The molecular formula is C12H14Br2N2O3. The predicted molar refractivity (Wildman–Crippen MR) is 78.9 cm³/mol. The van der Waals surface area contributed by atoms with E-state index < -0.39 is 12.2 Å². The molecule has 1 aliphatic rings. The standard InChI is InChI=1S/C12H14Br2N2O3/c13-7-1-2-9(8(14)3-7)15-12(19)6-16-4-10(17)11(18)5-16/h1-3,10-11,17-18H,4-6H2,(H,15,19)/t10-,11+. The van der Waals surface area contributed by atoms with Crippen LogP contribution in [-0.4, -0.2) is 52.9 Å². The summed E-state index contributed by atoms with van der Waals surface area (Å²) in [6.45, 7) is 0.781. The molecule has 0 spiro atoms. The highest BCUT2D eigenvalue weighted by atomic mass is 79.9. The van der Waals surface area contributed by atoms with Gasteiger partial charge in [-0.15, -0.1) is 0 Å². The van der Waals surface area contributed by atoms with Crippen molar-refractivity contribution in [2.75, 3.05) is 25.0 Å². The third-order valence-electron chi connectivity index (χ3n) is 2.91. The predicted octanol–water partition coefficient (Wildman–Crippen LogP) is 1.19. The third kappa shape index (κ3) is 4.00. The van der Waals surface area contributed by atoms with Crippen molar-refractivity contribution in [3.8, 4) is 0 Å². The molecule has 0 saturated carbocycles. The van der Waals surface area contributed by atoms with E-state index in [-0.39, 0.29) is 12.5 Å². The minimum atomic E-state index is -0.771. The Kier molecular flexibility index (Phi) is 4.97. The molecule has 3 N–H and O–H groups in total. The monoisotopic (exact) mass is 392 g/mol. The molecule has 5 nitrogen and oxygen atoms in total. The normalized spacial score (nSPS) is 23.6. The molecule has 19 heavy (non-hydrogen) atoms. The Hall–Kier alpha value is -0.470. The first kappa shape index (κ1) is 14.9. The van der Waals surface area contributed by atoms with Gasteiger partial charge in [-0.25, -0.2) is 0 Å². The van der Waals surface area contributed by atoms with Gasteiger partial charge in [0.1, 0.15) is 0 Å². The van der Waals surface area contributed by atoms with Gasteiger partial charge in [0.2, 0.25) is 5.91 Å². The molecule has 0 radical (unpaired) electrons. The maximum absolute atomic E-state index is 11.9. The Morgan fingerprint density at radius 1 is 1.32 bits per heavy atom. The molecule has 1 heterocycles. The van der Waals surface area contributed by atoms with Crippen LogP contribution in [0.15, 0.2) is 27.1 Å². The summed E-state index contributed by atoms with van der Waals surface area (Å²) in [5, 5.41) is 21.6. The lowest BCUT2D eigenvalue weighted by Crippen LogP contribution is -2.32. The second kappa shape index (κ2) is 6.32. The number of aliphatic hydroxyl groups excluding tert-OH is 2. The van der Waals surface area contributed by atoms with E-state index in [1.165, 1.54) is 0 Å². The van der Waals surface area contributed by atoms with Crippen molar-refractivity contribution in [3.05, 3.63) is 27.1 Å². The lowest BCUT2D eigenvalue weighted by Gasteiger charge is -2.15. The summed E-state index contributed by atoms with van der Waals surface area (Å²) >= 11 is 6.71. The smallest absolute Gasteiger partial charge is 0.238 e. The number of β-amino-alcohol motifs (C(OH)–C–C–N with tert-alkyl or cyclic N) is 2. The summed E-state index contributed by atoms with van der Waals surface area (Å²) in [7, 11) is 0. The Morgan fingerprint density at radius 2 is 1.95 bits per heavy atom. The second-order valence-electron chi connectivity index (χ2n) is 4.50. The van der Waals surface area contributed by atoms with Crippen LogP contribution in [0.25, 0.3) is 0 Å². The van der Waals surface area contributed by atoms with E-state index in [4.69, 9.17) is 0 Å². The van der Waals surface area contributed by atoms with Crippen LogP contribution in [0.1, 0.15) is 0 Å². The maximum atomic E-state index is 11.9. The van der Waals surface area contributed by atoms with Crippen molar-refractivity contribution in [1.29, 1.82) is 0 Å². The van der Waals surface area contributed by atoms with Crippen molar-refractivity contribution in [3.63, 3.8) is 0 Å². The van der Waals surface area contributed by atoms with E-state index in [1.807, 2.05) is 12.1 Å². The van der Waals surface area contributed by atoms with Crippen LogP contribution in [0.4, 0.5) is 5.69 Å². The highest BCUT2D eigenvalue weighted by molar-refractivity contribution is 9.11. The molecule has 0 unspecified atom stereocenters. The molecule has 1 aromatic rings. The Labute approximate surface area is 127 Å². The highest BCUT2D eigenvalue weighted by Crippen LogP contribution is 2.26. The molecule has 2 atom stereocenters. The largest absolute Gasteiger partial charge is 0.389 e. The fourth-order valence-electron chi connectivity index (χ4n) is 1.96. The van der Waals surface area contributed by atoms with E-state index in [2.05, 4.69) is 37.2 Å². The van der Waals surface area contributed by atoms with Crippen LogP contribution in [0.5, 0.6) is 0 Å². The van der Waals surface area contributed by atoms with Crippen molar-refractivity contribution in [1.82, 2.24) is 4.90 Å². The summed E-state index contributed by atoms with van der Waals surface area (Å²) in [4.78, 5) is 13.6. The molecule has 0 aromatic heterocycles. The number of hydrogen-bond acceptors (Lipinski definition) is 4. The zero-order valence-corrected chi connectivity index (χ0v) is 13.2. The number of carbonyl (C=O) groups excluding carboxylic acids is 1. The van der Waals surface area contributed by atoms with Gasteiger partial charge in [-0.05, 0) is 34.1 Å². The number of nitrogens with zero attached hydrogens (tertiary/aromatic N) is 1. The van der Waals surface area contributed by atoms with Crippen molar-refractivity contribution >= 4 is 43.5 Å². The highest BCUT2D eigenvalue weighted by Gasteiger charge is 2.30. The number of anilines is 1. The van der Waals surface area contributed by atoms with E-state index in [1.54, 1.807) is 11.0 Å². The van der Waals surface area contributed by atoms with Gasteiger partial charge in [-0.1, -0.05) is 15.9 Å². The Bertz CT molecular complexity index is 474. The average molecular weight is 394 g/mol. The zero-order chi connectivity index (χ0) is 14.0. The minimum absolute atomic E-state index is 0.149. The molecular weight excluding hydrogens is 380 g/mol. The fraction of sp³-hybridized carbons (Fsp3) is 0.417. The first-order valence-corrected chi connectivity index (χ1v) is 7.37. The van der Waals surface area contributed by atoms with E-state index >= 15 is 0 Å². The molecule has 1 fully saturated rings. The summed E-state index contributed by atoms with van der Waals surface area (Å²) in [5.74, 6) is -0.177. The molecule has 0 aliphatic carbocycles. The average Bonchev–Trinajstić information content (AvgIpc) is 2.62. The van der Waals surface area contributed by atoms with Crippen LogP contribution in [0.2, 0.25) is 0 Å². The number of likely N-dealkylation sites (tertiary alicyclic amines) is 1. The van der Waals surface area contributed by atoms with Gasteiger partial charge in [0.25, 0.3) is 0 Å². The summed E-state index contributed by atoms with van der Waals surface area (Å²) in [6, 6.07) is 5.47. The Balaban J connectivity index is 1.91. The van der Waals surface area contributed by atoms with Crippen LogP contribution < -0.4 is 5.32 Å². The molecule has 7 heteroatoms. The third-order valence-corrected chi connectivity index (χ3v) is 4.06. The molecule has 1 amide bonds.